The molecule has 0 aromatic heterocycles. The second-order valence-corrected chi connectivity index (χ2v) is 4.96. The number of para-hydroxylation sites is 1. The van der Waals surface area contributed by atoms with Gasteiger partial charge in [0.1, 0.15) is 11.5 Å². The normalized spacial score (nSPS) is 21.9. The van der Waals surface area contributed by atoms with Crippen molar-refractivity contribution >= 4 is 16.1 Å². The van der Waals surface area contributed by atoms with Crippen molar-refractivity contribution in [2.75, 3.05) is 0 Å². The predicted molar refractivity (Wildman–Crippen MR) is 57.2 cm³/mol. The van der Waals surface area contributed by atoms with Crippen LogP contribution in [0.3, 0.4) is 0 Å². The van der Waals surface area contributed by atoms with Gasteiger partial charge in [0.2, 0.25) is 0 Å². The van der Waals surface area contributed by atoms with Gasteiger partial charge in [0.15, 0.2) is 0 Å². The van der Waals surface area contributed by atoms with E-state index >= 15 is 0 Å². The van der Waals surface area contributed by atoms with Gasteiger partial charge in [0.05, 0.1) is 6.04 Å². The fourth-order valence-corrected chi connectivity index (χ4v) is 2.66. The van der Waals surface area contributed by atoms with Crippen LogP contribution in [-0.4, -0.2) is 14.2 Å². The summed E-state index contributed by atoms with van der Waals surface area (Å²) >= 11 is 0. The first-order valence-electron chi connectivity index (χ1n) is 4.78. The van der Waals surface area contributed by atoms with E-state index in [1.807, 2.05) is 0 Å². The molecule has 1 aliphatic rings. The summed E-state index contributed by atoms with van der Waals surface area (Å²) in [5.41, 5.74) is 0.688. The Morgan fingerprint density at radius 3 is 2.81 bits per heavy atom. The van der Waals surface area contributed by atoms with Crippen LogP contribution in [0.5, 0.6) is 5.75 Å². The summed E-state index contributed by atoms with van der Waals surface area (Å²) in [6.45, 7) is 1.42. The first kappa shape index (κ1) is 11.1. The molecule has 1 aromatic carbocycles. The highest BCUT2D eigenvalue weighted by atomic mass is 32.2. The number of Topliss-reactive ketones (excluding diaryl/α,β-unsaturated/α-hetero) is 1. The smallest absolute Gasteiger partial charge is 0.371 e. The van der Waals surface area contributed by atoms with E-state index in [2.05, 4.69) is 4.72 Å². The predicted octanol–water partition coefficient (Wildman–Crippen LogP) is 0.934. The minimum Gasteiger partial charge on any atom is -0.371 e. The summed E-state index contributed by atoms with van der Waals surface area (Å²) in [7, 11) is -3.79. The highest BCUT2D eigenvalue weighted by molar-refractivity contribution is 7.85. The summed E-state index contributed by atoms with van der Waals surface area (Å²) in [6.07, 6.45) is 0.125. The molecule has 6 heteroatoms. The van der Waals surface area contributed by atoms with Crippen molar-refractivity contribution in [2.45, 2.75) is 19.4 Å². The Labute approximate surface area is 93.7 Å². The Bertz CT molecular complexity index is 523. The molecule has 2 rings (SSSR count). The van der Waals surface area contributed by atoms with Crippen LogP contribution in [0.15, 0.2) is 24.3 Å². The second-order valence-electron chi connectivity index (χ2n) is 3.65. The topological polar surface area (TPSA) is 72.5 Å². The lowest BCUT2D eigenvalue weighted by Gasteiger charge is -2.25. The average Bonchev–Trinajstić information content (AvgIpc) is 2.14. The number of benzene rings is 1. The van der Waals surface area contributed by atoms with Crippen molar-refractivity contribution in [2.24, 2.45) is 0 Å². The quantitative estimate of drug-likeness (QED) is 0.836. The Morgan fingerprint density at radius 1 is 1.44 bits per heavy atom. The molecular weight excluding hydrogens is 230 g/mol. The molecule has 0 radical (unpaired) electrons. The average molecular weight is 241 g/mol. The van der Waals surface area contributed by atoms with Gasteiger partial charge in [-0.2, -0.15) is 13.1 Å². The lowest BCUT2D eigenvalue weighted by atomic mass is 10.0. The van der Waals surface area contributed by atoms with E-state index in [4.69, 9.17) is 4.18 Å². The van der Waals surface area contributed by atoms with Crippen LogP contribution in [-0.2, 0) is 15.1 Å². The standard InChI is InChI=1S/C10H11NO4S/c1-7(12)6-9-8-4-2-3-5-10(8)15-16(13,14)11-9/h2-5,9,11H,6H2,1H3/t9-/m0/s1. The van der Waals surface area contributed by atoms with Crippen LogP contribution in [0, 0.1) is 0 Å². The van der Waals surface area contributed by atoms with Crippen molar-refractivity contribution in [1.29, 1.82) is 0 Å². The third-order valence-electron chi connectivity index (χ3n) is 2.27. The highest BCUT2D eigenvalue weighted by Gasteiger charge is 2.30. The number of carbonyl (C=O) groups is 1. The van der Waals surface area contributed by atoms with Crippen molar-refractivity contribution in [1.82, 2.24) is 4.72 Å². The molecule has 1 heterocycles. The minimum atomic E-state index is -3.79. The maximum atomic E-state index is 11.4. The van der Waals surface area contributed by atoms with E-state index < -0.39 is 16.3 Å². The Kier molecular flexibility index (Phi) is 2.69. The maximum absolute atomic E-state index is 11.4. The van der Waals surface area contributed by atoms with Crippen LogP contribution in [0.2, 0.25) is 0 Å². The molecule has 1 atom stereocenters. The van der Waals surface area contributed by atoms with Gasteiger partial charge in [-0.15, -0.1) is 0 Å². The Hall–Kier alpha value is -1.40. The molecule has 0 saturated heterocycles. The molecule has 0 spiro atoms. The summed E-state index contributed by atoms with van der Waals surface area (Å²) in [5, 5.41) is 0. The van der Waals surface area contributed by atoms with Crippen LogP contribution < -0.4 is 8.91 Å². The fourth-order valence-electron chi connectivity index (χ4n) is 1.66. The lowest BCUT2D eigenvalue weighted by molar-refractivity contribution is -0.117. The van der Waals surface area contributed by atoms with Crippen molar-refractivity contribution in [3.05, 3.63) is 29.8 Å². The summed E-state index contributed by atoms with van der Waals surface area (Å²) in [4.78, 5) is 11.1. The molecule has 86 valence electrons. The van der Waals surface area contributed by atoms with E-state index in [0.717, 1.165) is 0 Å². The van der Waals surface area contributed by atoms with Crippen LogP contribution >= 0.6 is 0 Å². The zero-order chi connectivity index (χ0) is 11.8. The van der Waals surface area contributed by atoms with Crippen LogP contribution in [0.25, 0.3) is 0 Å². The number of hydrogen-bond acceptors (Lipinski definition) is 4. The summed E-state index contributed by atoms with van der Waals surface area (Å²) in [5.74, 6) is 0.205. The van der Waals surface area contributed by atoms with Crippen molar-refractivity contribution in [3.63, 3.8) is 0 Å². The number of ketones is 1. The van der Waals surface area contributed by atoms with E-state index in [0.29, 0.717) is 5.56 Å². The number of carbonyl (C=O) groups excluding carboxylic acids is 1. The van der Waals surface area contributed by atoms with E-state index in [-0.39, 0.29) is 18.0 Å². The molecular formula is C10H11NO4S. The molecule has 16 heavy (non-hydrogen) atoms. The molecule has 0 amide bonds. The molecule has 1 aliphatic heterocycles. The van der Waals surface area contributed by atoms with Gasteiger partial charge in [-0.05, 0) is 13.0 Å². The molecule has 1 aromatic rings. The lowest BCUT2D eigenvalue weighted by Crippen LogP contribution is -2.37. The first-order valence-corrected chi connectivity index (χ1v) is 6.19. The van der Waals surface area contributed by atoms with Crippen molar-refractivity contribution in [3.8, 4) is 5.75 Å². The summed E-state index contributed by atoms with van der Waals surface area (Å²) < 4.78 is 29.8. The number of nitrogens with one attached hydrogen (secondary N) is 1. The van der Waals surface area contributed by atoms with E-state index in [1.165, 1.54) is 6.92 Å². The zero-order valence-corrected chi connectivity index (χ0v) is 9.45. The Balaban J connectivity index is 2.43. The second kappa shape index (κ2) is 3.88. The van der Waals surface area contributed by atoms with Gasteiger partial charge in [-0.25, -0.2) is 0 Å². The van der Waals surface area contributed by atoms with Gasteiger partial charge in [0.25, 0.3) is 0 Å². The van der Waals surface area contributed by atoms with Crippen LogP contribution in [0.4, 0.5) is 0 Å². The first-order chi connectivity index (χ1) is 7.48. The van der Waals surface area contributed by atoms with Gasteiger partial charge in [-0.3, -0.25) is 4.79 Å². The molecule has 1 N–H and O–H groups in total. The molecule has 5 nitrogen and oxygen atoms in total. The summed E-state index contributed by atoms with van der Waals surface area (Å²) in [6, 6.07) is 6.23. The SMILES string of the molecule is CC(=O)C[C@@H]1NS(=O)(=O)Oc2ccccc21. The minimum absolute atomic E-state index is 0.0793. The zero-order valence-electron chi connectivity index (χ0n) is 8.64. The van der Waals surface area contributed by atoms with Gasteiger partial charge in [-0.1, -0.05) is 18.2 Å². The number of hydrogen-bond donors (Lipinski definition) is 1. The van der Waals surface area contributed by atoms with Crippen molar-refractivity contribution < 1.29 is 17.4 Å². The number of rotatable bonds is 2. The largest absolute Gasteiger partial charge is 0.383 e. The molecule has 0 fully saturated rings. The fraction of sp³-hybridized carbons (Fsp3) is 0.300. The van der Waals surface area contributed by atoms with Gasteiger partial charge < -0.3 is 4.18 Å². The molecule has 0 unspecified atom stereocenters. The molecule has 0 aliphatic carbocycles. The molecule has 0 saturated carbocycles. The highest BCUT2D eigenvalue weighted by Crippen LogP contribution is 2.32. The van der Waals surface area contributed by atoms with E-state index in [1.54, 1.807) is 24.3 Å². The van der Waals surface area contributed by atoms with E-state index in [9.17, 15) is 13.2 Å². The maximum Gasteiger partial charge on any atom is 0.383 e. The third-order valence-corrected chi connectivity index (χ3v) is 3.24. The third kappa shape index (κ3) is 2.23. The van der Waals surface area contributed by atoms with Gasteiger partial charge in [0, 0.05) is 12.0 Å². The number of fused-ring (bicyclic) bond motifs is 1. The van der Waals surface area contributed by atoms with Gasteiger partial charge >= 0.3 is 10.3 Å². The molecule has 0 bridgehead atoms. The monoisotopic (exact) mass is 241 g/mol. The van der Waals surface area contributed by atoms with Crippen LogP contribution in [0.1, 0.15) is 24.9 Å². The Morgan fingerprint density at radius 2 is 2.12 bits per heavy atom.